The van der Waals surface area contributed by atoms with Crippen molar-refractivity contribution in [3.05, 3.63) is 62.2 Å². The molecule has 21 heavy (non-hydrogen) atoms. The summed E-state index contributed by atoms with van der Waals surface area (Å²) in [6.07, 6.45) is 0. The number of rotatable bonds is 3. The average Bonchev–Trinajstić information content (AvgIpc) is 2.49. The number of para-hydroxylation sites is 1. The van der Waals surface area contributed by atoms with Gasteiger partial charge in [-0.2, -0.15) is 0 Å². The van der Waals surface area contributed by atoms with Crippen LogP contribution in [0.2, 0.25) is 5.02 Å². The summed E-state index contributed by atoms with van der Waals surface area (Å²) in [5, 5.41) is 3.19. The molecule has 0 radical (unpaired) electrons. The minimum atomic E-state index is -0.508. The van der Waals surface area contributed by atoms with Crippen molar-refractivity contribution in [2.45, 2.75) is 0 Å². The second kappa shape index (κ2) is 6.91. The second-order valence-corrected chi connectivity index (χ2v) is 5.69. The number of esters is 1. The maximum Gasteiger partial charge on any atom is 0.339 e. The van der Waals surface area contributed by atoms with Crippen LogP contribution in [0, 0.1) is 3.57 Å². The number of nitrogens with one attached hydrogen (secondary N) is 1. The summed E-state index contributed by atoms with van der Waals surface area (Å²) in [5.41, 5.74) is 1.11. The standard InChI is InChI=1S/C15H11ClINO3/c1-21-15(20)10-4-2-3-5-13(10)18-14(19)9-6-7-12(17)11(16)8-9/h2-8H,1H3,(H,18,19). The number of hydrogen-bond acceptors (Lipinski definition) is 3. The van der Waals surface area contributed by atoms with Gasteiger partial charge >= 0.3 is 5.97 Å². The molecular weight excluding hydrogens is 405 g/mol. The summed E-state index contributed by atoms with van der Waals surface area (Å²) in [5.74, 6) is -0.851. The van der Waals surface area contributed by atoms with Gasteiger partial charge in [-0.1, -0.05) is 23.7 Å². The fourth-order valence-corrected chi connectivity index (χ4v) is 2.23. The van der Waals surface area contributed by atoms with Gasteiger partial charge in [0.1, 0.15) is 0 Å². The lowest BCUT2D eigenvalue weighted by atomic mass is 10.1. The monoisotopic (exact) mass is 415 g/mol. The summed E-state index contributed by atoms with van der Waals surface area (Å²) >= 11 is 8.09. The van der Waals surface area contributed by atoms with Crippen LogP contribution in [0.1, 0.15) is 20.7 Å². The zero-order valence-electron chi connectivity index (χ0n) is 11.0. The van der Waals surface area contributed by atoms with E-state index in [-0.39, 0.29) is 5.91 Å². The second-order valence-electron chi connectivity index (χ2n) is 4.12. The van der Waals surface area contributed by atoms with Crippen LogP contribution in [-0.2, 0) is 4.74 Å². The fraction of sp³-hybridized carbons (Fsp3) is 0.0667. The number of benzene rings is 2. The molecule has 0 aliphatic carbocycles. The Morgan fingerprint density at radius 3 is 2.57 bits per heavy atom. The lowest BCUT2D eigenvalue weighted by Gasteiger charge is -2.10. The van der Waals surface area contributed by atoms with Crippen molar-refractivity contribution in [2.24, 2.45) is 0 Å². The van der Waals surface area contributed by atoms with Crippen molar-refractivity contribution >= 4 is 51.8 Å². The van der Waals surface area contributed by atoms with E-state index in [9.17, 15) is 9.59 Å². The van der Waals surface area contributed by atoms with Crippen molar-refractivity contribution in [3.8, 4) is 0 Å². The first-order valence-electron chi connectivity index (χ1n) is 5.96. The highest BCUT2D eigenvalue weighted by molar-refractivity contribution is 14.1. The molecule has 0 saturated heterocycles. The number of anilines is 1. The molecule has 4 nitrogen and oxygen atoms in total. The molecule has 6 heteroatoms. The summed E-state index contributed by atoms with van der Waals surface area (Å²) in [6.45, 7) is 0. The topological polar surface area (TPSA) is 55.4 Å². The summed E-state index contributed by atoms with van der Waals surface area (Å²) < 4.78 is 5.55. The average molecular weight is 416 g/mol. The van der Waals surface area contributed by atoms with Crippen molar-refractivity contribution in [3.63, 3.8) is 0 Å². The van der Waals surface area contributed by atoms with Crippen LogP contribution < -0.4 is 5.32 Å². The Kier molecular flexibility index (Phi) is 5.19. The van der Waals surface area contributed by atoms with Crippen LogP contribution in [0.4, 0.5) is 5.69 Å². The highest BCUT2D eigenvalue weighted by atomic mass is 127. The van der Waals surface area contributed by atoms with Crippen LogP contribution >= 0.6 is 34.2 Å². The van der Waals surface area contributed by atoms with Gasteiger partial charge in [0.15, 0.2) is 0 Å². The Balaban J connectivity index is 2.27. The maximum absolute atomic E-state index is 12.2. The fourth-order valence-electron chi connectivity index (χ4n) is 1.71. The molecule has 108 valence electrons. The molecular formula is C15H11ClINO3. The van der Waals surface area contributed by atoms with Crippen LogP contribution in [0.5, 0.6) is 0 Å². The van der Waals surface area contributed by atoms with Crippen LogP contribution in [0.25, 0.3) is 0 Å². The summed E-state index contributed by atoms with van der Waals surface area (Å²) in [4.78, 5) is 23.9. The van der Waals surface area contributed by atoms with E-state index in [1.807, 2.05) is 0 Å². The van der Waals surface area contributed by atoms with Gasteiger partial charge in [-0.15, -0.1) is 0 Å². The smallest absolute Gasteiger partial charge is 0.339 e. The molecule has 2 aromatic rings. The van der Waals surface area contributed by atoms with E-state index in [1.54, 1.807) is 42.5 Å². The van der Waals surface area contributed by atoms with E-state index in [0.29, 0.717) is 21.8 Å². The molecule has 0 aliphatic heterocycles. The van der Waals surface area contributed by atoms with E-state index in [1.165, 1.54) is 7.11 Å². The molecule has 0 bridgehead atoms. The quantitative estimate of drug-likeness (QED) is 0.609. The number of carbonyl (C=O) groups is 2. The van der Waals surface area contributed by atoms with E-state index in [4.69, 9.17) is 11.6 Å². The number of amides is 1. The largest absolute Gasteiger partial charge is 0.465 e. The molecule has 0 unspecified atom stereocenters. The molecule has 1 N–H and O–H groups in total. The predicted molar refractivity (Wildman–Crippen MR) is 89.9 cm³/mol. The van der Waals surface area contributed by atoms with Gasteiger partial charge in [-0.3, -0.25) is 4.79 Å². The van der Waals surface area contributed by atoms with E-state index < -0.39 is 5.97 Å². The number of ether oxygens (including phenoxy) is 1. The molecule has 0 heterocycles. The highest BCUT2D eigenvalue weighted by Crippen LogP contribution is 2.21. The summed E-state index contributed by atoms with van der Waals surface area (Å²) in [7, 11) is 1.29. The maximum atomic E-state index is 12.2. The van der Waals surface area contributed by atoms with Crippen molar-refractivity contribution < 1.29 is 14.3 Å². The minimum absolute atomic E-state index is 0.296. The Hall–Kier alpha value is -1.60. The van der Waals surface area contributed by atoms with E-state index in [2.05, 4.69) is 32.6 Å². The lowest BCUT2D eigenvalue weighted by Crippen LogP contribution is -2.15. The number of halogens is 2. The molecule has 1 amide bonds. The predicted octanol–water partition coefficient (Wildman–Crippen LogP) is 3.98. The number of methoxy groups -OCH3 is 1. The first-order valence-corrected chi connectivity index (χ1v) is 7.42. The Morgan fingerprint density at radius 2 is 1.90 bits per heavy atom. The van der Waals surface area contributed by atoms with Gasteiger partial charge in [0, 0.05) is 9.13 Å². The molecule has 0 aliphatic rings. The first-order chi connectivity index (χ1) is 10.0. The highest BCUT2D eigenvalue weighted by Gasteiger charge is 2.14. The molecule has 0 aromatic heterocycles. The van der Waals surface area contributed by atoms with Gasteiger partial charge in [-0.05, 0) is 52.9 Å². The van der Waals surface area contributed by atoms with Crippen LogP contribution in [0.15, 0.2) is 42.5 Å². The van der Waals surface area contributed by atoms with Gasteiger partial charge in [-0.25, -0.2) is 4.79 Å². The molecule has 0 saturated carbocycles. The zero-order valence-corrected chi connectivity index (χ0v) is 13.9. The van der Waals surface area contributed by atoms with Crippen molar-refractivity contribution in [1.82, 2.24) is 0 Å². The minimum Gasteiger partial charge on any atom is -0.465 e. The molecule has 2 aromatic carbocycles. The molecule has 2 rings (SSSR count). The van der Waals surface area contributed by atoms with Gasteiger partial charge in [0.2, 0.25) is 0 Å². The van der Waals surface area contributed by atoms with Crippen molar-refractivity contribution in [1.29, 1.82) is 0 Å². The van der Waals surface area contributed by atoms with Crippen molar-refractivity contribution in [2.75, 3.05) is 12.4 Å². The third-order valence-corrected chi connectivity index (χ3v) is 4.33. The number of carbonyl (C=O) groups excluding carboxylic acids is 2. The van der Waals surface area contributed by atoms with Crippen LogP contribution in [0.3, 0.4) is 0 Å². The normalized spacial score (nSPS) is 10.0. The number of hydrogen-bond donors (Lipinski definition) is 1. The SMILES string of the molecule is COC(=O)c1ccccc1NC(=O)c1ccc(I)c(Cl)c1. The molecule has 0 spiro atoms. The molecule has 0 atom stereocenters. The third kappa shape index (κ3) is 3.74. The van der Waals surface area contributed by atoms with Gasteiger partial charge < -0.3 is 10.1 Å². The van der Waals surface area contributed by atoms with Crippen LogP contribution in [-0.4, -0.2) is 19.0 Å². The first kappa shape index (κ1) is 15.8. The third-order valence-electron chi connectivity index (χ3n) is 2.76. The lowest BCUT2D eigenvalue weighted by molar-refractivity contribution is 0.0602. The van der Waals surface area contributed by atoms with Gasteiger partial charge in [0.25, 0.3) is 5.91 Å². The Labute approximate surface area is 140 Å². The van der Waals surface area contributed by atoms with Gasteiger partial charge in [0.05, 0.1) is 23.4 Å². The van der Waals surface area contributed by atoms with E-state index in [0.717, 1.165) is 3.57 Å². The Bertz CT molecular complexity index is 703. The molecule has 0 fully saturated rings. The zero-order chi connectivity index (χ0) is 15.4. The van der Waals surface area contributed by atoms with E-state index >= 15 is 0 Å². The summed E-state index contributed by atoms with van der Waals surface area (Å²) in [6, 6.07) is 11.7. The Morgan fingerprint density at radius 1 is 1.19 bits per heavy atom.